The van der Waals surface area contributed by atoms with Gasteiger partial charge < -0.3 is 14.5 Å². The normalized spacial score (nSPS) is 12.2. The van der Waals surface area contributed by atoms with Crippen molar-refractivity contribution in [1.29, 1.82) is 0 Å². The maximum Gasteiger partial charge on any atom is 0.418 e. The highest BCUT2D eigenvalue weighted by Gasteiger charge is 2.34. The molecule has 1 atom stereocenters. The number of carbonyl (C=O) groups is 1. The molecule has 4 rings (SSSR count). The second-order valence-electron chi connectivity index (χ2n) is 7.07. The molecule has 1 amide bonds. The lowest BCUT2D eigenvalue weighted by Crippen LogP contribution is -2.31. The molecule has 9 heteroatoms. The van der Waals surface area contributed by atoms with Gasteiger partial charge >= 0.3 is 6.18 Å². The van der Waals surface area contributed by atoms with Crippen LogP contribution in [0.4, 0.5) is 18.9 Å². The first kappa shape index (κ1) is 22.1. The maximum atomic E-state index is 13.2. The molecule has 1 aromatic heterocycles. The van der Waals surface area contributed by atoms with Crippen LogP contribution in [0.5, 0.6) is 5.75 Å². The minimum Gasteiger partial charge on any atom is -0.480 e. The van der Waals surface area contributed by atoms with Crippen molar-refractivity contribution in [3.8, 4) is 28.7 Å². The SMILES string of the molecule is C[C@@H](Oc1ccccc1-c1nnc(-c2ccccc2)o1)C(=O)Nc1ccccc1C(F)(F)F. The molecule has 0 saturated heterocycles. The highest BCUT2D eigenvalue weighted by molar-refractivity contribution is 5.95. The van der Waals surface area contributed by atoms with Gasteiger partial charge in [0.25, 0.3) is 11.8 Å². The highest BCUT2D eigenvalue weighted by Crippen LogP contribution is 2.35. The summed E-state index contributed by atoms with van der Waals surface area (Å²) >= 11 is 0. The minimum atomic E-state index is -4.60. The summed E-state index contributed by atoms with van der Waals surface area (Å²) in [6.45, 7) is 1.44. The first-order valence-electron chi connectivity index (χ1n) is 9.95. The van der Waals surface area contributed by atoms with Crippen LogP contribution in [0.1, 0.15) is 12.5 Å². The zero-order chi connectivity index (χ0) is 23.4. The number of halogens is 3. The smallest absolute Gasteiger partial charge is 0.418 e. The Labute approximate surface area is 187 Å². The number of carbonyl (C=O) groups excluding carboxylic acids is 1. The van der Waals surface area contributed by atoms with Gasteiger partial charge in [0.15, 0.2) is 6.10 Å². The number of nitrogens with one attached hydrogen (secondary N) is 1. The zero-order valence-electron chi connectivity index (χ0n) is 17.3. The Balaban J connectivity index is 1.53. The molecule has 0 fully saturated rings. The maximum absolute atomic E-state index is 13.2. The third-order valence-electron chi connectivity index (χ3n) is 4.73. The van der Waals surface area contributed by atoms with Gasteiger partial charge in [0.05, 0.1) is 16.8 Å². The molecule has 4 aromatic rings. The lowest BCUT2D eigenvalue weighted by molar-refractivity contribution is -0.137. The van der Waals surface area contributed by atoms with Crippen LogP contribution < -0.4 is 10.1 Å². The van der Waals surface area contributed by atoms with Crippen molar-refractivity contribution < 1.29 is 27.1 Å². The molecule has 0 radical (unpaired) electrons. The van der Waals surface area contributed by atoms with Crippen LogP contribution in [0.2, 0.25) is 0 Å². The number of hydrogen-bond acceptors (Lipinski definition) is 5. The average Bonchev–Trinajstić information content (AvgIpc) is 3.30. The molecule has 0 saturated carbocycles. The lowest BCUT2D eigenvalue weighted by Gasteiger charge is -2.18. The second-order valence-corrected chi connectivity index (χ2v) is 7.07. The monoisotopic (exact) mass is 453 g/mol. The van der Waals surface area contributed by atoms with Crippen LogP contribution in [0.3, 0.4) is 0 Å². The Bertz CT molecular complexity index is 1260. The Morgan fingerprint density at radius 3 is 2.30 bits per heavy atom. The first-order chi connectivity index (χ1) is 15.8. The largest absolute Gasteiger partial charge is 0.480 e. The molecule has 33 heavy (non-hydrogen) atoms. The van der Waals surface area contributed by atoms with Crippen molar-refractivity contribution in [1.82, 2.24) is 10.2 Å². The minimum absolute atomic E-state index is 0.180. The topological polar surface area (TPSA) is 77.2 Å². The van der Waals surface area contributed by atoms with Crippen LogP contribution in [0.25, 0.3) is 22.9 Å². The van der Waals surface area contributed by atoms with Crippen LogP contribution in [-0.2, 0) is 11.0 Å². The first-order valence-corrected chi connectivity index (χ1v) is 9.95. The summed E-state index contributed by atoms with van der Waals surface area (Å²) < 4.78 is 51.1. The van der Waals surface area contributed by atoms with Gasteiger partial charge in [-0.2, -0.15) is 13.2 Å². The Morgan fingerprint density at radius 2 is 1.55 bits per heavy atom. The van der Waals surface area contributed by atoms with E-state index in [9.17, 15) is 18.0 Å². The highest BCUT2D eigenvalue weighted by atomic mass is 19.4. The lowest BCUT2D eigenvalue weighted by atomic mass is 10.1. The third kappa shape index (κ3) is 5.03. The summed E-state index contributed by atoms with van der Waals surface area (Å²) in [6, 6.07) is 20.7. The molecule has 0 aliphatic heterocycles. The van der Waals surface area contributed by atoms with Crippen LogP contribution in [0, 0.1) is 0 Å². The van der Waals surface area contributed by atoms with E-state index in [2.05, 4.69) is 15.5 Å². The van der Waals surface area contributed by atoms with Gasteiger partial charge in [-0.1, -0.05) is 42.5 Å². The van der Waals surface area contributed by atoms with E-state index in [-0.39, 0.29) is 17.3 Å². The molecule has 0 aliphatic carbocycles. The molecule has 6 nitrogen and oxygen atoms in total. The number of para-hydroxylation sites is 2. The number of amides is 1. The van der Waals surface area contributed by atoms with E-state index in [1.165, 1.54) is 25.1 Å². The zero-order valence-corrected chi connectivity index (χ0v) is 17.3. The molecule has 0 aliphatic rings. The molecule has 0 bridgehead atoms. The summed E-state index contributed by atoms with van der Waals surface area (Å²) in [5, 5.41) is 10.4. The van der Waals surface area contributed by atoms with Crippen molar-refractivity contribution in [3.05, 3.63) is 84.4 Å². The van der Waals surface area contributed by atoms with Gasteiger partial charge in [-0.05, 0) is 43.3 Å². The van der Waals surface area contributed by atoms with Gasteiger partial charge in [-0.25, -0.2) is 0 Å². The fourth-order valence-corrected chi connectivity index (χ4v) is 3.09. The van der Waals surface area contributed by atoms with Gasteiger partial charge in [0, 0.05) is 5.56 Å². The number of ether oxygens (including phenoxy) is 1. The Kier molecular flexibility index (Phi) is 6.12. The van der Waals surface area contributed by atoms with Crippen LogP contribution >= 0.6 is 0 Å². The number of anilines is 1. The van der Waals surface area contributed by atoms with E-state index >= 15 is 0 Å². The molecule has 0 spiro atoms. The second kappa shape index (κ2) is 9.15. The van der Waals surface area contributed by atoms with Gasteiger partial charge in [0.2, 0.25) is 5.89 Å². The number of hydrogen-bond donors (Lipinski definition) is 1. The van der Waals surface area contributed by atoms with Crippen molar-refractivity contribution in [3.63, 3.8) is 0 Å². The summed E-state index contributed by atoms with van der Waals surface area (Å²) in [5.74, 6) is 0.0268. The predicted octanol–water partition coefficient (Wildman–Crippen LogP) is 5.83. The molecule has 0 unspecified atom stereocenters. The van der Waals surface area contributed by atoms with E-state index < -0.39 is 23.8 Å². The van der Waals surface area contributed by atoms with Crippen molar-refractivity contribution >= 4 is 11.6 Å². The van der Waals surface area contributed by atoms with E-state index in [4.69, 9.17) is 9.15 Å². The fourth-order valence-electron chi connectivity index (χ4n) is 3.09. The third-order valence-corrected chi connectivity index (χ3v) is 4.73. The molecule has 3 aromatic carbocycles. The van der Waals surface area contributed by atoms with E-state index in [0.29, 0.717) is 11.5 Å². The molecule has 1 N–H and O–H groups in total. The van der Waals surface area contributed by atoms with Crippen molar-refractivity contribution in [2.45, 2.75) is 19.2 Å². The fraction of sp³-hybridized carbons (Fsp3) is 0.125. The van der Waals surface area contributed by atoms with Gasteiger partial charge in [0.1, 0.15) is 5.75 Å². The van der Waals surface area contributed by atoms with E-state index in [0.717, 1.165) is 11.6 Å². The standard InChI is InChI=1S/C24H18F3N3O3/c1-15(21(31)28-19-13-7-6-12-18(19)24(25,26)27)32-20-14-8-5-11-17(20)23-30-29-22(33-23)16-9-3-2-4-10-16/h2-15H,1H3,(H,28,31)/t15-/m1/s1. The van der Waals surface area contributed by atoms with Crippen LogP contribution in [0.15, 0.2) is 83.3 Å². The Morgan fingerprint density at radius 1 is 0.909 bits per heavy atom. The van der Waals surface area contributed by atoms with E-state index in [1.807, 2.05) is 30.3 Å². The summed E-state index contributed by atoms with van der Waals surface area (Å²) in [7, 11) is 0. The number of nitrogens with zero attached hydrogens (tertiary/aromatic N) is 2. The van der Waals surface area contributed by atoms with Crippen molar-refractivity contribution in [2.75, 3.05) is 5.32 Å². The molecule has 1 heterocycles. The summed E-state index contributed by atoms with van der Waals surface area (Å²) in [4.78, 5) is 12.6. The number of benzene rings is 3. The van der Waals surface area contributed by atoms with Crippen molar-refractivity contribution in [2.24, 2.45) is 0 Å². The molecular weight excluding hydrogens is 435 g/mol. The predicted molar refractivity (Wildman–Crippen MR) is 115 cm³/mol. The number of rotatable bonds is 6. The summed E-state index contributed by atoms with van der Waals surface area (Å²) in [6.07, 6.45) is -5.71. The Hall–Kier alpha value is -4.14. The summed E-state index contributed by atoms with van der Waals surface area (Å²) in [5.41, 5.74) is -0.0957. The number of aromatic nitrogens is 2. The molecular formula is C24H18F3N3O3. The van der Waals surface area contributed by atoms with Crippen LogP contribution in [-0.4, -0.2) is 22.2 Å². The number of alkyl halides is 3. The quantitative estimate of drug-likeness (QED) is 0.398. The average molecular weight is 453 g/mol. The van der Waals surface area contributed by atoms with Gasteiger partial charge in [-0.3, -0.25) is 4.79 Å². The van der Waals surface area contributed by atoms with Gasteiger partial charge in [-0.15, -0.1) is 10.2 Å². The van der Waals surface area contributed by atoms with E-state index in [1.54, 1.807) is 24.3 Å². The molecule has 168 valence electrons.